The summed E-state index contributed by atoms with van der Waals surface area (Å²) in [6.07, 6.45) is 13.3. The summed E-state index contributed by atoms with van der Waals surface area (Å²) in [5, 5.41) is 0. The number of thiophene rings is 2. The third-order valence-electron chi connectivity index (χ3n) is 3.86. The Hall–Kier alpha value is 1.16. The van der Waals surface area contributed by atoms with E-state index in [1.807, 2.05) is 117 Å². The molecule has 158 valence electrons. The molecular formula is C20H18S10. The van der Waals surface area contributed by atoms with Crippen LogP contribution in [0.5, 0.6) is 0 Å². The van der Waals surface area contributed by atoms with E-state index in [2.05, 4.69) is 61.4 Å². The van der Waals surface area contributed by atoms with Crippen molar-refractivity contribution in [1.82, 2.24) is 0 Å². The summed E-state index contributed by atoms with van der Waals surface area (Å²) in [4.78, 5) is 5.37. The maximum atomic E-state index is 2.34. The molecule has 0 spiro atoms. The Morgan fingerprint density at radius 3 is 1.17 bits per heavy atom. The molecule has 2 aromatic rings. The van der Waals surface area contributed by atoms with Gasteiger partial charge in [0.2, 0.25) is 0 Å². The van der Waals surface area contributed by atoms with Gasteiger partial charge in [0, 0.05) is 19.5 Å². The van der Waals surface area contributed by atoms with Gasteiger partial charge in [0.15, 0.2) is 0 Å². The molecule has 0 amide bonds. The molecule has 0 nitrogen and oxygen atoms in total. The van der Waals surface area contributed by atoms with Crippen LogP contribution < -0.4 is 0 Å². The molecule has 0 atom stereocenters. The number of rotatable bonds is 7. The molecule has 2 aliphatic rings. The van der Waals surface area contributed by atoms with Crippen molar-refractivity contribution in [2.45, 2.75) is 0 Å². The highest BCUT2D eigenvalue weighted by Crippen LogP contribution is 2.58. The Kier molecular flexibility index (Phi) is 9.34. The minimum atomic E-state index is 1.33. The highest BCUT2D eigenvalue weighted by molar-refractivity contribution is 8.41. The van der Waals surface area contributed by atoms with Crippen LogP contribution in [0.3, 0.4) is 0 Å². The van der Waals surface area contributed by atoms with Crippen molar-refractivity contribution < 1.29 is 0 Å². The zero-order chi connectivity index (χ0) is 21.1. The molecule has 0 saturated heterocycles. The van der Waals surface area contributed by atoms with Crippen LogP contribution in [0.25, 0.3) is 21.9 Å². The van der Waals surface area contributed by atoms with Gasteiger partial charge in [0.05, 0.1) is 25.4 Å². The van der Waals surface area contributed by atoms with Crippen molar-refractivity contribution in [2.24, 2.45) is 0 Å². The van der Waals surface area contributed by atoms with Crippen LogP contribution in [0.15, 0.2) is 49.7 Å². The molecule has 0 bridgehead atoms. The molecule has 2 aliphatic heterocycles. The second-order valence-corrected chi connectivity index (χ2v) is 17.0. The van der Waals surface area contributed by atoms with Gasteiger partial charge < -0.3 is 0 Å². The van der Waals surface area contributed by atoms with Gasteiger partial charge >= 0.3 is 0 Å². The molecule has 0 aliphatic carbocycles. The lowest BCUT2D eigenvalue weighted by Gasteiger charge is -1.95. The highest BCUT2D eigenvalue weighted by Gasteiger charge is 2.21. The van der Waals surface area contributed by atoms with E-state index in [1.165, 1.54) is 44.9 Å². The predicted octanol–water partition coefficient (Wildman–Crippen LogP) is 10.7. The van der Waals surface area contributed by atoms with Crippen molar-refractivity contribution >= 4 is 129 Å². The largest absolute Gasteiger partial charge is 0.135 e. The van der Waals surface area contributed by atoms with Gasteiger partial charge in [-0.2, -0.15) is 0 Å². The van der Waals surface area contributed by atoms with Crippen LogP contribution >= 0.6 is 117 Å². The van der Waals surface area contributed by atoms with E-state index < -0.39 is 0 Å². The Balaban J connectivity index is 1.45. The van der Waals surface area contributed by atoms with Gasteiger partial charge in [-0.15, -0.1) is 69.7 Å². The Labute approximate surface area is 220 Å². The molecule has 0 radical (unpaired) electrons. The minimum absolute atomic E-state index is 1.33. The summed E-state index contributed by atoms with van der Waals surface area (Å²) < 4.78 is 8.47. The SMILES string of the molecule is CSC1=C(SC)SC(=Cc2ccc(-c3ccc(C=C4SC(SC)=C(SC)S4)s3)s2)S1. The molecule has 2 aromatic heterocycles. The molecule has 4 rings (SSSR count). The van der Waals surface area contributed by atoms with E-state index >= 15 is 0 Å². The first-order valence-electron chi connectivity index (χ1n) is 8.63. The summed E-state index contributed by atoms with van der Waals surface area (Å²) in [5.74, 6) is 0. The van der Waals surface area contributed by atoms with Gasteiger partial charge in [-0.25, -0.2) is 0 Å². The summed E-state index contributed by atoms with van der Waals surface area (Å²) in [6, 6.07) is 9.04. The lowest BCUT2D eigenvalue weighted by Crippen LogP contribution is -1.63. The second kappa shape index (κ2) is 11.5. The molecular weight excluding hydrogens is 561 g/mol. The molecule has 0 fully saturated rings. The first-order chi connectivity index (χ1) is 14.6. The molecule has 10 heteroatoms. The van der Waals surface area contributed by atoms with Crippen molar-refractivity contribution in [3.8, 4) is 9.75 Å². The standard InChI is InChI=1S/C20H18S10/c1-21-17-18(22-2)28-15(27-17)9-11-5-7-13(25-11)14-8-6-12(26-14)10-16-29-19(23-3)20(24-4)30-16/h5-10H,1-4H3. The average molecular weight is 579 g/mol. The first-order valence-corrected chi connectivity index (χ1v) is 18.4. The number of hydrogen-bond donors (Lipinski definition) is 0. The van der Waals surface area contributed by atoms with Crippen molar-refractivity contribution in [1.29, 1.82) is 0 Å². The van der Waals surface area contributed by atoms with Crippen molar-refractivity contribution in [2.75, 3.05) is 25.0 Å². The van der Waals surface area contributed by atoms with Gasteiger partial charge in [0.25, 0.3) is 0 Å². The summed E-state index contributed by atoms with van der Waals surface area (Å²) in [5.41, 5.74) is 0. The quantitative estimate of drug-likeness (QED) is 0.314. The molecule has 0 aromatic carbocycles. The molecule has 0 unspecified atom stereocenters. The van der Waals surface area contributed by atoms with Crippen LogP contribution in [0, 0.1) is 0 Å². The van der Waals surface area contributed by atoms with Gasteiger partial charge in [0.1, 0.15) is 0 Å². The smallest absolute Gasteiger partial charge is 0.0657 e. The fourth-order valence-corrected chi connectivity index (χ4v) is 14.7. The third kappa shape index (κ3) is 5.80. The highest BCUT2D eigenvalue weighted by atomic mass is 32.3. The minimum Gasteiger partial charge on any atom is -0.135 e. The van der Waals surface area contributed by atoms with Crippen molar-refractivity contribution in [3.63, 3.8) is 0 Å². The molecule has 4 heterocycles. The molecule has 30 heavy (non-hydrogen) atoms. The Morgan fingerprint density at radius 1 is 0.533 bits per heavy atom. The summed E-state index contributed by atoms with van der Waals surface area (Å²) in [6.45, 7) is 0. The monoisotopic (exact) mass is 578 g/mol. The maximum absolute atomic E-state index is 2.34. The van der Waals surface area contributed by atoms with Gasteiger partial charge in [-0.1, -0.05) is 47.0 Å². The zero-order valence-corrected chi connectivity index (χ0v) is 24.7. The topological polar surface area (TPSA) is 0 Å². The van der Waals surface area contributed by atoms with E-state index in [1.54, 1.807) is 0 Å². The van der Waals surface area contributed by atoms with E-state index in [9.17, 15) is 0 Å². The van der Waals surface area contributed by atoms with E-state index in [0.29, 0.717) is 0 Å². The van der Waals surface area contributed by atoms with E-state index in [4.69, 9.17) is 0 Å². The van der Waals surface area contributed by atoms with E-state index in [-0.39, 0.29) is 0 Å². The summed E-state index contributed by atoms with van der Waals surface area (Å²) in [7, 11) is 0. The number of thioether (sulfide) groups is 8. The Morgan fingerprint density at radius 2 is 0.867 bits per heavy atom. The molecule has 0 saturated carbocycles. The lowest BCUT2D eigenvalue weighted by molar-refractivity contribution is 1.90. The molecule has 0 N–H and O–H groups in total. The zero-order valence-electron chi connectivity index (χ0n) is 16.5. The number of hydrogen-bond acceptors (Lipinski definition) is 10. The fourth-order valence-electron chi connectivity index (χ4n) is 2.55. The average Bonchev–Trinajstić information content (AvgIpc) is 3.54. The fraction of sp³-hybridized carbons (Fsp3) is 0.200. The van der Waals surface area contributed by atoms with Crippen LogP contribution in [0.2, 0.25) is 0 Å². The lowest BCUT2D eigenvalue weighted by atomic mass is 10.3. The first kappa shape index (κ1) is 24.3. The third-order valence-corrected chi connectivity index (χ3v) is 16.3. The van der Waals surface area contributed by atoms with Gasteiger partial charge in [-0.05, 0) is 61.4 Å². The Bertz CT molecular complexity index is 929. The second-order valence-electron chi connectivity index (χ2n) is 5.71. The predicted molar refractivity (Wildman–Crippen MR) is 162 cm³/mol. The van der Waals surface area contributed by atoms with E-state index in [0.717, 1.165) is 0 Å². The van der Waals surface area contributed by atoms with Crippen LogP contribution in [-0.2, 0) is 0 Å². The maximum Gasteiger partial charge on any atom is 0.0657 e. The summed E-state index contributed by atoms with van der Waals surface area (Å²) >= 11 is 18.8. The van der Waals surface area contributed by atoms with Crippen LogP contribution in [0.4, 0.5) is 0 Å². The normalized spacial score (nSPS) is 16.9. The van der Waals surface area contributed by atoms with Crippen molar-refractivity contribution in [3.05, 3.63) is 59.4 Å². The van der Waals surface area contributed by atoms with Gasteiger partial charge in [-0.3, -0.25) is 0 Å². The van der Waals surface area contributed by atoms with Crippen LogP contribution in [-0.4, -0.2) is 25.0 Å². The van der Waals surface area contributed by atoms with Crippen LogP contribution in [0.1, 0.15) is 9.75 Å².